The lowest BCUT2D eigenvalue weighted by Gasteiger charge is -2.38. The third-order valence-corrected chi connectivity index (χ3v) is 4.34. The van der Waals surface area contributed by atoms with Crippen molar-refractivity contribution in [2.24, 2.45) is 0 Å². The van der Waals surface area contributed by atoms with Crippen LogP contribution in [0.1, 0.15) is 44.7 Å². The minimum absolute atomic E-state index is 0.299. The summed E-state index contributed by atoms with van der Waals surface area (Å²) in [5, 5.41) is 14.1. The maximum Gasteiger partial charge on any atom is 0.410 e. The molecule has 2 rings (SSSR count). The minimum Gasteiger partial charge on any atom is -0.444 e. The topological polar surface area (TPSA) is 61.8 Å². The van der Waals surface area contributed by atoms with E-state index in [4.69, 9.17) is 4.74 Å². The Bertz CT molecular complexity index is 585. The van der Waals surface area contributed by atoms with Crippen LogP contribution in [0.2, 0.25) is 0 Å². The van der Waals surface area contributed by atoms with Crippen molar-refractivity contribution in [1.29, 1.82) is 0 Å². The largest absolute Gasteiger partial charge is 0.444 e. The van der Waals surface area contributed by atoms with E-state index in [-0.39, 0.29) is 6.09 Å². The fraction of sp³-hybridized carbons (Fsp3) is 0.632. The molecule has 0 aromatic heterocycles. The quantitative estimate of drug-likeness (QED) is 0.888. The van der Waals surface area contributed by atoms with Crippen LogP contribution in [0.15, 0.2) is 18.2 Å². The SMILES string of the molecule is Cc1ccc(NCC2(O)CCN(C(=O)OC(C)(C)C)CC2)c(C)c1. The molecule has 0 bridgehead atoms. The molecule has 1 aromatic carbocycles. The molecule has 1 amide bonds. The first-order valence-corrected chi connectivity index (χ1v) is 8.59. The lowest BCUT2D eigenvalue weighted by molar-refractivity contribution is -0.0244. The van der Waals surface area contributed by atoms with Crippen molar-refractivity contribution in [2.75, 3.05) is 25.0 Å². The Morgan fingerprint density at radius 1 is 1.29 bits per heavy atom. The summed E-state index contributed by atoms with van der Waals surface area (Å²) in [6.07, 6.45) is 0.792. The number of likely N-dealkylation sites (tertiary alicyclic amines) is 1. The van der Waals surface area contributed by atoms with E-state index in [0.29, 0.717) is 32.5 Å². The molecule has 2 N–H and O–H groups in total. The van der Waals surface area contributed by atoms with Gasteiger partial charge in [0, 0.05) is 25.3 Å². The van der Waals surface area contributed by atoms with Gasteiger partial charge in [-0.15, -0.1) is 0 Å². The zero-order chi connectivity index (χ0) is 18.0. The van der Waals surface area contributed by atoms with Gasteiger partial charge in [0.15, 0.2) is 0 Å². The van der Waals surface area contributed by atoms with Crippen LogP contribution >= 0.6 is 0 Å². The molecular formula is C19H30N2O3. The highest BCUT2D eigenvalue weighted by Gasteiger charge is 2.35. The minimum atomic E-state index is -0.796. The number of aliphatic hydroxyl groups is 1. The van der Waals surface area contributed by atoms with Gasteiger partial charge in [0.05, 0.1) is 5.60 Å². The van der Waals surface area contributed by atoms with Crippen molar-refractivity contribution in [3.05, 3.63) is 29.3 Å². The fourth-order valence-electron chi connectivity index (χ4n) is 2.88. The van der Waals surface area contributed by atoms with Gasteiger partial charge >= 0.3 is 6.09 Å². The molecule has 0 atom stereocenters. The van der Waals surface area contributed by atoms with Crippen LogP contribution in [-0.2, 0) is 4.74 Å². The summed E-state index contributed by atoms with van der Waals surface area (Å²) in [5.74, 6) is 0. The highest BCUT2D eigenvalue weighted by atomic mass is 16.6. The normalized spacial score (nSPS) is 17.5. The second-order valence-electron chi connectivity index (χ2n) is 7.86. The molecule has 0 radical (unpaired) electrons. The van der Waals surface area contributed by atoms with Gasteiger partial charge in [0.2, 0.25) is 0 Å². The molecule has 0 unspecified atom stereocenters. The molecule has 1 heterocycles. The lowest BCUT2D eigenvalue weighted by atomic mass is 9.91. The molecule has 0 saturated carbocycles. The van der Waals surface area contributed by atoms with Crippen molar-refractivity contribution in [3.63, 3.8) is 0 Å². The molecule has 24 heavy (non-hydrogen) atoms. The molecule has 1 aliphatic heterocycles. The fourth-order valence-corrected chi connectivity index (χ4v) is 2.88. The average molecular weight is 334 g/mol. The summed E-state index contributed by atoms with van der Waals surface area (Å²) in [4.78, 5) is 13.8. The molecule has 5 heteroatoms. The van der Waals surface area contributed by atoms with Crippen LogP contribution in [-0.4, -0.2) is 46.9 Å². The number of carbonyl (C=O) groups excluding carboxylic acids is 1. The van der Waals surface area contributed by atoms with Gasteiger partial charge in [-0.05, 0) is 59.1 Å². The second-order valence-corrected chi connectivity index (χ2v) is 7.86. The van der Waals surface area contributed by atoms with Gasteiger partial charge in [0.1, 0.15) is 5.60 Å². The Morgan fingerprint density at radius 2 is 1.92 bits per heavy atom. The number of carbonyl (C=O) groups is 1. The summed E-state index contributed by atoms with van der Waals surface area (Å²) in [5.41, 5.74) is 2.15. The highest BCUT2D eigenvalue weighted by molar-refractivity contribution is 5.68. The summed E-state index contributed by atoms with van der Waals surface area (Å²) in [6.45, 7) is 11.2. The zero-order valence-electron chi connectivity index (χ0n) is 15.5. The van der Waals surface area contributed by atoms with E-state index in [0.717, 1.165) is 5.69 Å². The van der Waals surface area contributed by atoms with E-state index >= 15 is 0 Å². The van der Waals surface area contributed by atoms with Gasteiger partial charge in [-0.25, -0.2) is 4.79 Å². The summed E-state index contributed by atoms with van der Waals surface area (Å²) >= 11 is 0. The third-order valence-electron chi connectivity index (χ3n) is 4.34. The Morgan fingerprint density at radius 3 is 2.46 bits per heavy atom. The molecule has 0 spiro atoms. The second kappa shape index (κ2) is 7.01. The van der Waals surface area contributed by atoms with Crippen LogP contribution in [0.4, 0.5) is 10.5 Å². The molecule has 1 fully saturated rings. The van der Waals surface area contributed by atoms with E-state index in [1.807, 2.05) is 26.8 Å². The average Bonchev–Trinajstić information content (AvgIpc) is 2.45. The van der Waals surface area contributed by atoms with Crippen molar-refractivity contribution in [1.82, 2.24) is 4.90 Å². The van der Waals surface area contributed by atoms with Gasteiger partial charge in [-0.2, -0.15) is 0 Å². The lowest BCUT2D eigenvalue weighted by Crippen LogP contribution is -2.50. The monoisotopic (exact) mass is 334 g/mol. The number of amides is 1. The van der Waals surface area contributed by atoms with Crippen molar-refractivity contribution in [2.45, 2.75) is 58.7 Å². The Hall–Kier alpha value is -1.75. The van der Waals surface area contributed by atoms with Crippen LogP contribution in [0, 0.1) is 13.8 Å². The van der Waals surface area contributed by atoms with Gasteiger partial charge in [0.25, 0.3) is 0 Å². The third kappa shape index (κ3) is 5.13. The maximum absolute atomic E-state index is 12.1. The van der Waals surface area contributed by atoms with E-state index in [1.54, 1.807) is 4.90 Å². The van der Waals surface area contributed by atoms with Gasteiger partial charge in [-0.3, -0.25) is 0 Å². The van der Waals surface area contributed by atoms with Gasteiger partial charge in [-0.1, -0.05) is 17.7 Å². The molecule has 1 aliphatic rings. The van der Waals surface area contributed by atoms with Crippen molar-refractivity contribution in [3.8, 4) is 0 Å². The standard InChI is InChI=1S/C19H30N2O3/c1-14-6-7-16(15(2)12-14)20-13-19(23)8-10-21(11-9-19)17(22)24-18(3,4)5/h6-7,12,20,23H,8-11,13H2,1-5H3. The zero-order valence-corrected chi connectivity index (χ0v) is 15.5. The summed E-state index contributed by atoms with van der Waals surface area (Å²) in [7, 11) is 0. The number of aryl methyl sites for hydroxylation is 2. The number of anilines is 1. The number of hydrogen-bond donors (Lipinski definition) is 2. The van der Waals surface area contributed by atoms with Crippen LogP contribution in [0.25, 0.3) is 0 Å². The van der Waals surface area contributed by atoms with Crippen LogP contribution in [0.3, 0.4) is 0 Å². The first-order valence-electron chi connectivity index (χ1n) is 8.59. The summed E-state index contributed by atoms with van der Waals surface area (Å²) in [6, 6.07) is 6.23. The molecular weight excluding hydrogens is 304 g/mol. The smallest absolute Gasteiger partial charge is 0.410 e. The van der Waals surface area contributed by atoms with Gasteiger partial charge < -0.3 is 20.1 Å². The van der Waals surface area contributed by atoms with E-state index in [9.17, 15) is 9.90 Å². The maximum atomic E-state index is 12.1. The number of hydrogen-bond acceptors (Lipinski definition) is 4. The number of nitrogens with one attached hydrogen (secondary N) is 1. The molecule has 5 nitrogen and oxygen atoms in total. The predicted octanol–water partition coefficient (Wildman–Crippen LogP) is 3.48. The molecule has 1 aromatic rings. The number of piperidine rings is 1. The molecule has 1 saturated heterocycles. The van der Waals surface area contributed by atoms with E-state index in [2.05, 4.69) is 31.3 Å². The number of rotatable bonds is 3. The highest BCUT2D eigenvalue weighted by Crippen LogP contribution is 2.25. The summed E-state index contributed by atoms with van der Waals surface area (Å²) < 4.78 is 5.39. The van der Waals surface area contributed by atoms with E-state index < -0.39 is 11.2 Å². The Kier molecular flexibility index (Phi) is 5.43. The number of ether oxygens (including phenoxy) is 1. The van der Waals surface area contributed by atoms with Crippen LogP contribution in [0.5, 0.6) is 0 Å². The first kappa shape index (κ1) is 18.6. The van der Waals surface area contributed by atoms with Crippen molar-refractivity contribution >= 4 is 11.8 Å². The first-order chi connectivity index (χ1) is 11.1. The van der Waals surface area contributed by atoms with E-state index in [1.165, 1.54) is 11.1 Å². The molecule has 0 aliphatic carbocycles. The Balaban J connectivity index is 1.87. The number of benzene rings is 1. The molecule has 134 valence electrons. The van der Waals surface area contributed by atoms with Crippen LogP contribution < -0.4 is 5.32 Å². The Labute approximate surface area is 145 Å². The predicted molar refractivity (Wildman–Crippen MR) is 96.4 cm³/mol. The van der Waals surface area contributed by atoms with Crippen molar-refractivity contribution < 1.29 is 14.6 Å². The number of nitrogens with zero attached hydrogens (tertiary/aromatic N) is 1.